The van der Waals surface area contributed by atoms with Crippen molar-refractivity contribution in [1.29, 1.82) is 0 Å². The van der Waals surface area contributed by atoms with Crippen molar-refractivity contribution in [1.82, 2.24) is 19.7 Å². The number of halogens is 1. The average Bonchev–Trinajstić information content (AvgIpc) is 2.92. The molecule has 1 aromatic carbocycles. The summed E-state index contributed by atoms with van der Waals surface area (Å²) in [5.41, 5.74) is 3.55. The largest absolute Gasteiger partial charge is 0.378 e. The number of hydrogen-bond donors (Lipinski definition) is 1. The van der Waals surface area contributed by atoms with Gasteiger partial charge < -0.3 is 4.90 Å². The van der Waals surface area contributed by atoms with Crippen LogP contribution in [0.2, 0.25) is 5.15 Å². The Morgan fingerprint density at radius 1 is 1.07 bits per heavy atom. The Kier molecular flexibility index (Phi) is 5.09. The van der Waals surface area contributed by atoms with Gasteiger partial charge in [-0.1, -0.05) is 11.6 Å². The first kappa shape index (κ1) is 18.8. The number of nitrogens with zero attached hydrogens (tertiary/aromatic N) is 6. The Morgan fingerprint density at radius 2 is 1.74 bits per heavy atom. The van der Waals surface area contributed by atoms with E-state index in [1.807, 2.05) is 57.1 Å². The molecule has 8 nitrogen and oxygen atoms in total. The lowest BCUT2D eigenvalue weighted by atomic mass is 10.3. The first-order chi connectivity index (χ1) is 12.8. The highest BCUT2D eigenvalue weighted by Gasteiger charge is 2.16. The number of azo groups is 1. The molecular formula is C18H20ClN7O. The van der Waals surface area contributed by atoms with Crippen molar-refractivity contribution in [3.8, 4) is 5.95 Å². The number of hydrogen-bond acceptors (Lipinski definition) is 6. The zero-order chi connectivity index (χ0) is 19.7. The first-order valence-corrected chi connectivity index (χ1v) is 8.67. The van der Waals surface area contributed by atoms with Gasteiger partial charge in [0.2, 0.25) is 0 Å². The molecule has 0 amide bonds. The van der Waals surface area contributed by atoms with E-state index in [9.17, 15) is 4.79 Å². The fourth-order valence-corrected chi connectivity index (χ4v) is 2.61. The van der Waals surface area contributed by atoms with Gasteiger partial charge in [-0.15, -0.1) is 5.11 Å². The van der Waals surface area contributed by atoms with Crippen molar-refractivity contribution >= 4 is 28.7 Å². The summed E-state index contributed by atoms with van der Waals surface area (Å²) in [6.45, 7) is 5.38. The van der Waals surface area contributed by atoms with Gasteiger partial charge in [-0.2, -0.15) is 14.8 Å². The Balaban J connectivity index is 1.96. The van der Waals surface area contributed by atoms with Crippen LogP contribution in [0.1, 0.15) is 17.0 Å². The molecule has 9 heteroatoms. The van der Waals surface area contributed by atoms with Gasteiger partial charge in [0.15, 0.2) is 5.69 Å². The van der Waals surface area contributed by atoms with E-state index in [0.29, 0.717) is 22.2 Å². The maximum atomic E-state index is 12.7. The monoisotopic (exact) mass is 385 g/mol. The third kappa shape index (κ3) is 3.75. The second kappa shape index (κ2) is 7.32. The minimum Gasteiger partial charge on any atom is -0.378 e. The number of aromatic nitrogens is 4. The van der Waals surface area contributed by atoms with E-state index in [1.165, 1.54) is 4.68 Å². The molecule has 0 atom stereocenters. The van der Waals surface area contributed by atoms with Crippen LogP contribution in [-0.4, -0.2) is 33.8 Å². The van der Waals surface area contributed by atoms with Gasteiger partial charge in [0, 0.05) is 31.0 Å². The highest BCUT2D eigenvalue weighted by molar-refractivity contribution is 6.30. The molecule has 0 radical (unpaired) electrons. The van der Waals surface area contributed by atoms with E-state index < -0.39 is 0 Å². The fourth-order valence-electron chi connectivity index (χ4n) is 2.40. The number of H-pyrrole nitrogens is 1. The highest BCUT2D eigenvalue weighted by Crippen LogP contribution is 2.22. The van der Waals surface area contributed by atoms with Crippen LogP contribution in [-0.2, 0) is 0 Å². The van der Waals surface area contributed by atoms with Crippen LogP contribution in [0.4, 0.5) is 17.1 Å². The highest BCUT2D eigenvalue weighted by atomic mass is 35.5. The third-order valence-corrected chi connectivity index (χ3v) is 4.56. The molecule has 0 aliphatic rings. The maximum Gasteiger partial charge on any atom is 0.301 e. The van der Waals surface area contributed by atoms with E-state index in [1.54, 1.807) is 6.92 Å². The van der Waals surface area contributed by atoms with Crippen LogP contribution in [0, 0.1) is 20.8 Å². The first-order valence-electron chi connectivity index (χ1n) is 8.29. The molecule has 0 unspecified atom stereocenters. The molecule has 140 valence electrons. The van der Waals surface area contributed by atoms with Crippen LogP contribution < -0.4 is 10.5 Å². The van der Waals surface area contributed by atoms with Gasteiger partial charge in [0.05, 0.1) is 11.4 Å². The SMILES string of the molecule is Cc1nc(-n2[nH]c(C)c(N=Nc3ccc(N(C)C)cc3)c2=O)nc(Cl)c1C. The lowest BCUT2D eigenvalue weighted by Gasteiger charge is -2.11. The normalized spacial score (nSPS) is 11.3. The summed E-state index contributed by atoms with van der Waals surface area (Å²) < 4.78 is 1.22. The smallest absolute Gasteiger partial charge is 0.301 e. The molecule has 0 fully saturated rings. The molecule has 0 aliphatic heterocycles. The summed E-state index contributed by atoms with van der Waals surface area (Å²) in [5.74, 6) is 0.174. The molecule has 3 rings (SSSR count). The van der Waals surface area contributed by atoms with Crippen LogP contribution in [0.5, 0.6) is 0 Å². The van der Waals surface area contributed by atoms with Crippen molar-refractivity contribution < 1.29 is 0 Å². The Labute approximate surface area is 161 Å². The number of aryl methyl sites for hydroxylation is 2. The predicted molar refractivity (Wildman–Crippen MR) is 106 cm³/mol. The second-order valence-corrected chi connectivity index (χ2v) is 6.72. The molecule has 0 saturated heterocycles. The van der Waals surface area contributed by atoms with E-state index in [4.69, 9.17) is 11.6 Å². The number of rotatable bonds is 4. The van der Waals surface area contributed by atoms with E-state index in [2.05, 4.69) is 25.3 Å². The zero-order valence-corrected chi connectivity index (χ0v) is 16.5. The van der Waals surface area contributed by atoms with Crippen molar-refractivity contribution in [3.63, 3.8) is 0 Å². The lowest BCUT2D eigenvalue weighted by Crippen LogP contribution is -2.18. The van der Waals surface area contributed by atoms with Gasteiger partial charge in [-0.25, -0.2) is 4.98 Å². The molecule has 27 heavy (non-hydrogen) atoms. The number of anilines is 1. The summed E-state index contributed by atoms with van der Waals surface area (Å²) in [6.07, 6.45) is 0. The predicted octanol–water partition coefficient (Wildman–Crippen LogP) is 4.02. The summed E-state index contributed by atoms with van der Waals surface area (Å²) in [5, 5.41) is 11.5. The fraction of sp³-hybridized carbons (Fsp3) is 0.278. The standard InChI is InChI=1S/C18H20ClN7O/c1-10-11(2)20-18(21-16(10)19)26-17(27)15(12(3)24-26)23-22-13-6-8-14(9-7-13)25(4)5/h6-9,24H,1-5H3. The quantitative estimate of drug-likeness (QED) is 0.542. The Hall–Kier alpha value is -3.00. The molecule has 0 bridgehead atoms. The lowest BCUT2D eigenvalue weighted by molar-refractivity contribution is 0.766. The third-order valence-electron chi connectivity index (χ3n) is 4.19. The molecule has 0 aliphatic carbocycles. The van der Waals surface area contributed by atoms with Crippen LogP contribution in [0.15, 0.2) is 39.3 Å². The zero-order valence-electron chi connectivity index (χ0n) is 15.8. The van der Waals surface area contributed by atoms with E-state index >= 15 is 0 Å². The van der Waals surface area contributed by atoms with Gasteiger partial charge >= 0.3 is 5.56 Å². The van der Waals surface area contributed by atoms with Crippen molar-refractivity contribution in [3.05, 3.63) is 56.7 Å². The van der Waals surface area contributed by atoms with Gasteiger partial charge in [-0.05, 0) is 45.0 Å². The summed E-state index contributed by atoms with van der Waals surface area (Å²) in [4.78, 5) is 23.2. The molecule has 2 heterocycles. The molecular weight excluding hydrogens is 366 g/mol. The molecule has 3 aromatic rings. The maximum absolute atomic E-state index is 12.7. The van der Waals surface area contributed by atoms with Crippen molar-refractivity contribution in [2.24, 2.45) is 10.2 Å². The summed E-state index contributed by atoms with van der Waals surface area (Å²) in [6, 6.07) is 7.54. The van der Waals surface area contributed by atoms with Gasteiger partial charge in [-0.3, -0.25) is 9.89 Å². The topological polar surface area (TPSA) is 91.5 Å². The molecule has 2 aromatic heterocycles. The Morgan fingerprint density at radius 3 is 2.33 bits per heavy atom. The second-order valence-electron chi connectivity index (χ2n) is 6.36. The number of benzene rings is 1. The average molecular weight is 386 g/mol. The number of nitrogens with one attached hydrogen (secondary N) is 1. The number of aromatic amines is 1. The Bertz CT molecular complexity index is 1040. The summed E-state index contributed by atoms with van der Waals surface area (Å²) in [7, 11) is 3.92. The van der Waals surface area contributed by atoms with Crippen LogP contribution in [0.3, 0.4) is 0 Å². The van der Waals surface area contributed by atoms with Crippen molar-refractivity contribution in [2.75, 3.05) is 19.0 Å². The van der Waals surface area contributed by atoms with Gasteiger partial charge in [0.1, 0.15) is 5.15 Å². The molecule has 0 saturated carbocycles. The van der Waals surface area contributed by atoms with Crippen LogP contribution in [0.25, 0.3) is 5.95 Å². The van der Waals surface area contributed by atoms with Crippen molar-refractivity contribution in [2.45, 2.75) is 20.8 Å². The minimum atomic E-state index is -0.388. The molecule has 1 N–H and O–H groups in total. The molecule has 0 spiro atoms. The van der Waals surface area contributed by atoms with Gasteiger partial charge in [0.25, 0.3) is 5.95 Å². The van der Waals surface area contributed by atoms with Crippen LogP contribution >= 0.6 is 11.6 Å². The van der Waals surface area contributed by atoms with E-state index in [0.717, 1.165) is 11.3 Å². The van der Waals surface area contributed by atoms with E-state index in [-0.39, 0.29) is 17.2 Å². The minimum absolute atomic E-state index is 0.174. The summed E-state index contributed by atoms with van der Waals surface area (Å²) >= 11 is 6.12.